The van der Waals surface area contributed by atoms with Crippen LogP contribution in [-0.2, 0) is 21.7 Å². The number of rotatable bonds is 3. The van der Waals surface area contributed by atoms with Gasteiger partial charge in [-0.3, -0.25) is 6.08 Å². The Kier molecular flexibility index (Phi) is 16.6. The minimum Gasteiger partial charge on any atom is -0.465 e. The van der Waals surface area contributed by atoms with Crippen LogP contribution >= 0.6 is 0 Å². The molecule has 147 valence electrons. The minimum atomic E-state index is 0. The Morgan fingerprint density at radius 2 is 1.67 bits per heavy atom. The molecule has 1 aliphatic carbocycles. The first-order chi connectivity index (χ1) is 12.2. The molecule has 0 saturated carbocycles. The summed E-state index contributed by atoms with van der Waals surface area (Å²) in [5.41, 5.74) is 3.84. The third kappa shape index (κ3) is 15.6. The molecule has 0 saturated heterocycles. The molecule has 2 rings (SSSR count). The van der Waals surface area contributed by atoms with E-state index in [-0.39, 0.29) is 27.1 Å². The average molecular weight is 417 g/mol. The van der Waals surface area contributed by atoms with Gasteiger partial charge in [-0.1, -0.05) is 70.6 Å². The zero-order chi connectivity index (χ0) is 20.0. The van der Waals surface area contributed by atoms with E-state index < -0.39 is 0 Å². The van der Waals surface area contributed by atoms with Gasteiger partial charge >= 0.3 is 0 Å². The fourth-order valence-corrected chi connectivity index (χ4v) is 1.88. The Morgan fingerprint density at radius 3 is 2.00 bits per heavy atom. The van der Waals surface area contributed by atoms with E-state index in [9.17, 15) is 0 Å². The van der Waals surface area contributed by atoms with Crippen LogP contribution in [0.2, 0.25) is 13.1 Å². The van der Waals surface area contributed by atoms with Crippen LogP contribution in [-0.4, -0.2) is 9.52 Å². The smallest absolute Gasteiger partial charge is 0.126 e. The number of allylic oxidation sites excluding steroid dienone is 7. The number of ether oxygens (including phenoxy) is 1. The zero-order valence-corrected chi connectivity index (χ0v) is 21.1. The summed E-state index contributed by atoms with van der Waals surface area (Å²) >= 11 is 0. The molecule has 1 aliphatic rings. The fraction of sp³-hybridized carbons (Fsp3) is 0.417. The number of para-hydroxylation sites is 1. The molecule has 1 nitrogen and oxygen atoms in total. The van der Waals surface area contributed by atoms with E-state index in [1.165, 1.54) is 16.7 Å². The van der Waals surface area contributed by atoms with Crippen LogP contribution in [0.4, 0.5) is 0 Å². The molecule has 0 aliphatic heterocycles. The molecule has 0 aromatic heterocycles. The molecule has 0 heterocycles. The SMILES string of the molecule is CC(C)=CC(=COc1ccccc1)C(C)(C)C.CC1=[C-]CC=C1.C[SiH]C.[Ti]. The second-order valence-electron chi connectivity index (χ2n) is 7.52. The molecule has 0 amide bonds. The standard InChI is InChI=1S/C16H22O.C6H7.C2H7Si.Ti/c1-13(2)11-14(16(3,4)5)12-17-15-9-7-6-8-10-15;1-6-4-2-3-5-6;1-3-2;/h6-12H,1-5H3;2,4H,3H2,1H3;3H,1-2H3;/q;-1;;. The molecule has 0 bridgehead atoms. The average Bonchev–Trinajstić information content (AvgIpc) is 3.03. The predicted octanol–water partition coefficient (Wildman–Crippen LogP) is 7.17. The minimum absolute atomic E-state index is 0. The molecule has 27 heavy (non-hydrogen) atoms. The molecule has 1 radical (unpaired) electrons. The van der Waals surface area contributed by atoms with E-state index in [0.717, 1.165) is 21.7 Å². The molecule has 0 unspecified atom stereocenters. The van der Waals surface area contributed by atoms with E-state index >= 15 is 0 Å². The van der Waals surface area contributed by atoms with Gasteiger partial charge in [0, 0.05) is 31.2 Å². The summed E-state index contributed by atoms with van der Waals surface area (Å²) in [6.45, 7) is 17.2. The van der Waals surface area contributed by atoms with Crippen molar-refractivity contribution in [3.8, 4) is 5.75 Å². The summed E-state index contributed by atoms with van der Waals surface area (Å²) in [7, 11) is 0.750. The molecule has 0 N–H and O–H groups in total. The van der Waals surface area contributed by atoms with Crippen LogP contribution in [0.5, 0.6) is 5.75 Å². The van der Waals surface area contributed by atoms with Crippen molar-refractivity contribution < 1.29 is 26.5 Å². The van der Waals surface area contributed by atoms with Gasteiger partial charge in [-0.2, -0.15) is 6.08 Å². The van der Waals surface area contributed by atoms with Gasteiger partial charge in [-0.05, 0) is 37.0 Å². The van der Waals surface area contributed by atoms with Gasteiger partial charge in [0.15, 0.2) is 0 Å². The number of hydrogen-bond donors (Lipinski definition) is 0. The third-order valence-electron chi connectivity index (χ3n) is 3.24. The molecule has 1 aromatic carbocycles. The van der Waals surface area contributed by atoms with Crippen molar-refractivity contribution in [3.05, 3.63) is 77.6 Å². The van der Waals surface area contributed by atoms with E-state index in [0.29, 0.717) is 0 Å². The van der Waals surface area contributed by atoms with Crippen molar-refractivity contribution in [2.75, 3.05) is 0 Å². The van der Waals surface area contributed by atoms with Crippen molar-refractivity contribution in [1.82, 2.24) is 0 Å². The molecular formula is C24H36OSiTi-. The summed E-state index contributed by atoms with van der Waals surface area (Å²) in [5, 5.41) is 0. The molecule has 1 aromatic rings. The summed E-state index contributed by atoms with van der Waals surface area (Å²) in [6, 6.07) is 9.84. The maximum absolute atomic E-state index is 5.69. The van der Waals surface area contributed by atoms with Crippen LogP contribution in [0.3, 0.4) is 0 Å². The van der Waals surface area contributed by atoms with E-state index in [1.807, 2.05) is 36.6 Å². The van der Waals surface area contributed by atoms with E-state index in [1.54, 1.807) is 0 Å². The van der Waals surface area contributed by atoms with E-state index in [2.05, 4.69) is 78.9 Å². The Morgan fingerprint density at radius 1 is 1.11 bits per heavy atom. The van der Waals surface area contributed by atoms with Crippen molar-refractivity contribution >= 4 is 9.52 Å². The zero-order valence-electron chi connectivity index (χ0n) is 18.4. The Hall–Kier alpha value is -1.09. The number of hydrogen-bond acceptors (Lipinski definition) is 1. The first kappa shape index (κ1) is 28.1. The predicted molar refractivity (Wildman–Crippen MR) is 119 cm³/mol. The Labute approximate surface area is 185 Å². The van der Waals surface area contributed by atoms with Gasteiger partial charge < -0.3 is 4.74 Å². The molecule has 3 heteroatoms. The monoisotopic (exact) mass is 416 g/mol. The van der Waals surface area contributed by atoms with Crippen molar-refractivity contribution in [1.29, 1.82) is 0 Å². The summed E-state index contributed by atoms with van der Waals surface area (Å²) < 4.78 is 5.69. The van der Waals surface area contributed by atoms with Crippen molar-refractivity contribution in [2.24, 2.45) is 5.41 Å². The maximum Gasteiger partial charge on any atom is 0.126 e. The van der Waals surface area contributed by atoms with Crippen LogP contribution in [0.25, 0.3) is 0 Å². The topological polar surface area (TPSA) is 9.23 Å². The van der Waals surface area contributed by atoms with Crippen LogP contribution in [0, 0.1) is 11.5 Å². The Bertz CT molecular complexity index is 613. The maximum atomic E-state index is 5.69. The molecule has 0 fully saturated rings. The third-order valence-corrected chi connectivity index (χ3v) is 3.24. The normalized spacial score (nSPS) is 12.4. The molecule has 0 spiro atoms. The van der Waals surface area contributed by atoms with Gasteiger partial charge in [0.1, 0.15) is 5.75 Å². The fourth-order valence-electron chi connectivity index (χ4n) is 1.88. The van der Waals surface area contributed by atoms with Crippen LogP contribution in [0.15, 0.2) is 71.5 Å². The summed E-state index contributed by atoms with van der Waals surface area (Å²) in [6.07, 6.45) is 12.4. The van der Waals surface area contributed by atoms with Gasteiger partial charge in [0.05, 0.1) is 6.26 Å². The van der Waals surface area contributed by atoms with Crippen molar-refractivity contribution in [2.45, 2.75) is 61.1 Å². The second kappa shape index (κ2) is 15.9. The second-order valence-corrected chi connectivity index (χ2v) is 8.67. The Balaban J connectivity index is 0. The van der Waals surface area contributed by atoms with Gasteiger partial charge in [0.2, 0.25) is 0 Å². The first-order valence-corrected chi connectivity index (χ1v) is 11.6. The molecular weight excluding hydrogens is 380 g/mol. The largest absolute Gasteiger partial charge is 0.465 e. The first-order valence-electron chi connectivity index (χ1n) is 9.26. The number of benzene rings is 1. The van der Waals surface area contributed by atoms with Gasteiger partial charge in [-0.25, -0.2) is 11.6 Å². The van der Waals surface area contributed by atoms with Crippen molar-refractivity contribution in [3.63, 3.8) is 0 Å². The van der Waals surface area contributed by atoms with Gasteiger partial charge in [-0.15, -0.1) is 6.42 Å². The quantitative estimate of drug-likeness (QED) is 0.220. The van der Waals surface area contributed by atoms with Crippen LogP contribution < -0.4 is 4.74 Å². The van der Waals surface area contributed by atoms with Gasteiger partial charge in [0.25, 0.3) is 0 Å². The molecule has 0 atom stereocenters. The summed E-state index contributed by atoms with van der Waals surface area (Å²) in [5.74, 6) is 0.872. The van der Waals surface area contributed by atoms with Crippen LogP contribution in [0.1, 0.15) is 48.0 Å². The summed E-state index contributed by atoms with van der Waals surface area (Å²) in [4.78, 5) is 0. The van der Waals surface area contributed by atoms with E-state index in [4.69, 9.17) is 4.74 Å².